The van der Waals surface area contributed by atoms with E-state index in [1.54, 1.807) is 26.0 Å². The van der Waals surface area contributed by atoms with Gasteiger partial charge in [0.1, 0.15) is 10.6 Å². The van der Waals surface area contributed by atoms with Gasteiger partial charge in [-0.1, -0.05) is 12.1 Å². The summed E-state index contributed by atoms with van der Waals surface area (Å²) in [6.45, 7) is 3.34. The molecule has 0 radical (unpaired) electrons. The second-order valence-electron chi connectivity index (χ2n) is 6.36. The van der Waals surface area contributed by atoms with Gasteiger partial charge in [0.15, 0.2) is 9.84 Å². The first-order chi connectivity index (χ1) is 13.0. The predicted molar refractivity (Wildman–Crippen MR) is 106 cm³/mol. The minimum Gasteiger partial charge on any atom is -0.495 e. The highest BCUT2D eigenvalue weighted by atomic mass is 32.2. The number of nitrogens with one attached hydrogen (secondary N) is 2. The number of carbonyl (C=O) groups is 1. The molecule has 2 rings (SSSR count). The molecule has 0 aliphatic carbocycles. The first-order valence-electron chi connectivity index (χ1n) is 8.26. The molecule has 0 aromatic heterocycles. The molecule has 0 atom stereocenters. The van der Waals surface area contributed by atoms with Crippen LogP contribution in [0, 0.1) is 0 Å². The van der Waals surface area contributed by atoms with Crippen molar-refractivity contribution in [3.63, 3.8) is 0 Å². The van der Waals surface area contributed by atoms with Gasteiger partial charge in [-0.25, -0.2) is 21.6 Å². The summed E-state index contributed by atoms with van der Waals surface area (Å²) in [5.74, 6) is -0.569. The van der Waals surface area contributed by atoms with E-state index < -0.39 is 25.8 Å². The summed E-state index contributed by atoms with van der Waals surface area (Å²) in [5.41, 5.74) is 0.142. The van der Waals surface area contributed by atoms with E-state index in [1.807, 2.05) is 0 Å². The van der Waals surface area contributed by atoms with E-state index in [2.05, 4.69) is 10.0 Å². The number of methoxy groups -OCH3 is 1. The predicted octanol–water partition coefficient (Wildman–Crippen LogP) is 2.04. The fourth-order valence-corrected chi connectivity index (χ4v) is 4.78. The fraction of sp³-hybridized carbons (Fsp3) is 0.278. The monoisotopic (exact) mass is 426 g/mol. The zero-order chi connectivity index (χ0) is 21.1. The fourth-order valence-electron chi connectivity index (χ4n) is 2.49. The molecular weight excluding hydrogens is 404 g/mol. The molecule has 1 amide bonds. The SMILES string of the molecule is COc1ccc(C(=O)Nc2ccccc2S(C)(=O)=O)cc1S(=O)(=O)NC(C)C. The largest absolute Gasteiger partial charge is 0.495 e. The van der Waals surface area contributed by atoms with Crippen LogP contribution >= 0.6 is 0 Å². The highest BCUT2D eigenvalue weighted by Gasteiger charge is 2.23. The second-order valence-corrected chi connectivity index (χ2v) is 10.0. The molecule has 8 nitrogen and oxygen atoms in total. The van der Waals surface area contributed by atoms with Gasteiger partial charge in [0, 0.05) is 17.9 Å². The summed E-state index contributed by atoms with van der Waals surface area (Å²) in [7, 11) is -6.15. The lowest BCUT2D eigenvalue weighted by Gasteiger charge is -2.14. The van der Waals surface area contributed by atoms with E-state index >= 15 is 0 Å². The summed E-state index contributed by atoms with van der Waals surface area (Å²) in [5, 5.41) is 2.52. The maximum Gasteiger partial charge on any atom is 0.255 e. The number of hydrogen-bond donors (Lipinski definition) is 2. The number of ether oxygens (including phenoxy) is 1. The number of amides is 1. The third kappa shape index (κ3) is 5.09. The lowest BCUT2D eigenvalue weighted by atomic mass is 10.2. The minimum atomic E-state index is -3.91. The average molecular weight is 427 g/mol. The molecule has 2 N–H and O–H groups in total. The zero-order valence-corrected chi connectivity index (χ0v) is 17.5. The minimum absolute atomic E-state index is 0.0354. The Morgan fingerprint density at radius 1 is 1.00 bits per heavy atom. The summed E-state index contributed by atoms with van der Waals surface area (Å²) in [6.07, 6.45) is 1.04. The van der Waals surface area contributed by atoms with Crippen LogP contribution in [0.15, 0.2) is 52.3 Å². The zero-order valence-electron chi connectivity index (χ0n) is 15.9. The van der Waals surface area contributed by atoms with Gasteiger partial charge in [0.05, 0.1) is 17.7 Å². The van der Waals surface area contributed by atoms with Crippen molar-refractivity contribution >= 4 is 31.5 Å². The Balaban J connectivity index is 2.45. The highest BCUT2D eigenvalue weighted by molar-refractivity contribution is 7.91. The third-order valence-corrected chi connectivity index (χ3v) is 6.48. The Kier molecular flexibility index (Phi) is 6.48. The van der Waals surface area contributed by atoms with Crippen molar-refractivity contribution in [3.8, 4) is 5.75 Å². The molecule has 28 heavy (non-hydrogen) atoms. The number of sulfonamides is 1. The number of hydrogen-bond acceptors (Lipinski definition) is 6. The number of anilines is 1. The molecule has 0 aliphatic heterocycles. The smallest absolute Gasteiger partial charge is 0.255 e. The maximum atomic E-state index is 12.6. The van der Waals surface area contributed by atoms with Gasteiger partial charge in [-0.2, -0.15) is 0 Å². The van der Waals surface area contributed by atoms with Gasteiger partial charge in [-0.05, 0) is 44.2 Å². The third-order valence-electron chi connectivity index (χ3n) is 3.64. The van der Waals surface area contributed by atoms with Crippen molar-refractivity contribution in [2.24, 2.45) is 0 Å². The van der Waals surface area contributed by atoms with Crippen LogP contribution in [0.4, 0.5) is 5.69 Å². The Morgan fingerprint density at radius 3 is 2.21 bits per heavy atom. The number of rotatable bonds is 7. The molecule has 152 valence electrons. The van der Waals surface area contributed by atoms with E-state index in [1.165, 1.54) is 37.4 Å². The van der Waals surface area contributed by atoms with Gasteiger partial charge >= 0.3 is 0 Å². The van der Waals surface area contributed by atoms with Crippen LogP contribution in [0.1, 0.15) is 24.2 Å². The first-order valence-corrected chi connectivity index (χ1v) is 11.6. The van der Waals surface area contributed by atoms with Crippen LogP contribution in [0.25, 0.3) is 0 Å². The lowest BCUT2D eigenvalue weighted by molar-refractivity contribution is 0.102. The maximum absolute atomic E-state index is 12.6. The number of benzene rings is 2. The molecule has 0 saturated heterocycles. The van der Waals surface area contributed by atoms with Crippen molar-refractivity contribution in [2.75, 3.05) is 18.7 Å². The standard InChI is InChI=1S/C18H22N2O6S2/c1-12(2)20-28(24,25)17-11-13(9-10-15(17)26-3)18(21)19-14-7-5-6-8-16(14)27(4,22)23/h5-12,20H,1-4H3,(H,19,21). The Labute approximate surface area is 164 Å². The Morgan fingerprint density at radius 2 is 1.64 bits per heavy atom. The summed E-state index contributed by atoms with van der Waals surface area (Å²) in [6, 6.07) is 9.55. The van der Waals surface area contributed by atoms with E-state index in [4.69, 9.17) is 4.74 Å². The molecule has 10 heteroatoms. The Hall–Kier alpha value is -2.43. The summed E-state index contributed by atoms with van der Waals surface area (Å²) >= 11 is 0. The molecule has 0 bridgehead atoms. The molecule has 0 heterocycles. The van der Waals surface area contributed by atoms with Gasteiger partial charge in [0.2, 0.25) is 10.0 Å². The van der Waals surface area contributed by atoms with Crippen molar-refractivity contribution in [3.05, 3.63) is 48.0 Å². The molecular formula is C18H22N2O6S2. The Bertz CT molecular complexity index is 1090. The molecule has 0 fully saturated rings. The highest BCUT2D eigenvalue weighted by Crippen LogP contribution is 2.26. The van der Waals surface area contributed by atoms with E-state index in [0.29, 0.717) is 0 Å². The summed E-state index contributed by atoms with van der Waals surface area (Å²) < 4.78 is 56.4. The second kappa shape index (κ2) is 8.29. The molecule has 2 aromatic carbocycles. The van der Waals surface area contributed by atoms with E-state index in [0.717, 1.165) is 6.26 Å². The molecule has 0 spiro atoms. The average Bonchev–Trinajstić information content (AvgIpc) is 2.59. The normalized spacial score (nSPS) is 12.0. The quantitative estimate of drug-likeness (QED) is 0.699. The van der Waals surface area contributed by atoms with E-state index in [-0.39, 0.29) is 32.8 Å². The van der Waals surface area contributed by atoms with Crippen LogP contribution in [0.2, 0.25) is 0 Å². The van der Waals surface area contributed by atoms with Crippen LogP contribution in [-0.2, 0) is 19.9 Å². The first kappa shape index (κ1) is 21.9. The lowest BCUT2D eigenvalue weighted by Crippen LogP contribution is -2.30. The number of sulfone groups is 1. The van der Waals surface area contributed by atoms with E-state index in [9.17, 15) is 21.6 Å². The molecule has 0 saturated carbocycles. The summed E-state index contributed by atoms with van der Waals surface area (Å²) in [4.78, 5) is 12.4. The number of carbonyl (C=O) groups excluding carboxylic acids is 1. The van der Waals surface area contributed by atoms with Crippen molar-refractivity contribution in [1.82, 2.24) is 4.72 Å². The molecule has 2 aromatic rings. The van der Waals surface area contributed by atoms with Crippen molar-refractivity contribution in [2.45, 2.75) is 29.7 Å². The van der Waals surface area contributed by atoms with Gasteiger partial charge in [-0.3, -0.25) is 4.79 Å². The topological polar surface area (TPSA) is 119 Å². The van der Waals surface area contributed by atoms with Crippen LogP contribution in [0.3, 0.4) is 0 Å². The van der Waals surface area contributed by atoms with Crippen LogP contribution in [0.5, 0.6) is 5.75 Å². The number of para-hydroxylation sites is 1. The van der Waals surface area contributed by atoms with Crippen LogP contribution < -0.4 is 14.8 Å². The van der Waals surface area contributed by atoms with Gasteiger partial charge in [-0.15, -0.1) is 0 Å². The van der Waals surface area contributed by atoms with Crippen molar-refractivity contribution in [1.29, 1.82) is 0 Å². The van der Waals surface area contributed by atoms with Crippen molar-refractivity contribution < 1.29 is 26.4 Å². The molecule has 0 unspecified atom stereocenters. The van der Waals surface area contributed by atoms with Gasteiger partial charge in [0.25, 0.3) is 5.91 Å². The van der Waals surface area contributed by atoms with Crippen LogP contribution in [-0.4, -0.2) is 42.2 Å². The van der Waals surface area contributed by atoms with Gasteiger partial charge < -0.3 is 10.1 Å². The molecule has 0 aliphatic rings.